The number of hydrogen-bond acceptors (Lipinski definition) is 4. The molecule has 0 saturated heterocycles. The van der Waals surface area contributed by atoms with Crippen LogP contribution >= 0.6 is 0 Å². The Morgan fingerprint density at radius 2 is 1.95 bits per heavy atom. The van der Waals surface area contributed by atoms with Crippen LogP contribution in [0, 0.1) is 6.92 Å². The Kier molecular flexibility index (Phi) is 3.91. The summed E-state index contributed by atoms with van der Waals surface area (Å²) in [5, 5.41) is 7.71. The normalized spacial score (nSPS) is 11.3. The number of carbonyl (C=O) groups is 1. The lowest BCUT2D eigenvalue weighted by atomic mass is 10.2. The van der Waals surface area contributed by atoms with E-state index in [1.54, 1.807) is 25.1 Å². The van der Waals surface area contributed by atoms with Crippen LogP contribution in [0.5, 0.6) is 0 Å². The number of nitrogens with two attached hydrogens (primary N) is 1. The molecule has 1 aromatic carbocycles. The molecule has 0 bridgehead atoms. The number of rotatable bonds is 4. The molecule has 0 fully saturated rings. The van der Waals surface area contributed by atoms with Crippen LogP contribution in [-0.2, 0) is 16.6 Å². The molecule has 7 heteroatoms. The van der Waals surface area contributed by atoms with E-state index in [0.717, 1.165) is 5.56 Å². The Balaban J connectivity index is 1.99. The summed E-state index contributed by atoms with van der Waals surface area (Å²) < 4.78 is 27.2. The highest BCUT2D eigenvalue weighted by Gasteiger charge is 2.09. The first-order valence-corrected chi connectivity index (χ1v) is 7.36. The molecule has 3 N–H and O–H groups in total. The standard InChI is InChI=1S/C13H14N2O4S/c1-9-6-11(8-19-9)13(16)15-7-10-2-4-12(5-3-10)20(14,17)18/h2-6,8H,7H2,1H3,(H,15,16)(H2,14,17,18). The van der Waals surface area contributed by atoms with Gasteiger partial charge in [-0.15, -0.1) is 0 Å². The zero-order valence-corrected chi connectivity index (χ0v) is 11.6. The van der Waals surface area contributed by atoms with Gasteiger partial charge in [-0.1, -0.05) is 12.1 Å². The quantitative estimate of drug-likeness (QED) is 0.883. The molecule has 1 heterocycles. The Labute approximate surface area is 116 Å². The maximum Gasteiger partial charge on any atom is 0.254 e. The van der Waals surface area contributed by atoms with E-state index in [0.29, 0.717) is 11.3 Å². The van der Waals surface area contributed by atoms with E-state index < -0.39 is 10.0 Å². The largest absolute Gasteiger partial charge is 0.469 e. The van der Waals surface area contributed by atoms with E-state index in [1.165, 1.54) is 18.4 Å². The molecule has 20 heavy (non-hydrogen) atoms. The summed E-state index contributed by atoms with van der Waals surface area (Å²) >= 11 is 0. The third-order valence-electron chi connectivity index (χ3n) is 2.70. The molecule has 0 atom stereocenters. The Bertz CT molecular complexity index is 717. The van der Waals surface area contributed by atoms with Crippen LogP contribution in [0.25, 0.3) is 0 Å². The molecule has 0 spiro atoms. The van der Waals surface area contributed by atoms with Gasteiger partial charge in [0.1, 0.15) is 12.0 Å². The topological polar surface area (TPSA) is 102 Å². The number of nitrogens with one attached hydrogen (secondary N) is 1. The minimum Gasteiger partial charge on any atom is -0.469 e. The molecule has 1 aromatic heterocycles. The molecule has 1 amide bonds. The van der Waals surface area contributed by atoms with Crippen molar-refractivity contribution in [3.05, 3.63) is 53.5 Å². The summed E-state index contributed by atoms with van der Waals surface area (Å²) in [5.74, 6) is 0.407. The van der Waals surface area contributed by atoms with Gasteiger partial charge >= 0.3 is 0 Å². The van der Waals surface area contributed by atoms with Crippen LogP contribution in [0.4, 0.5) is 0 Å². The lowest BCUT2D eigenvalue weighted by Crippen LogP contribution is -2.22. The zero-order valence-electron chi connectivity index (χ0n) is 10.8. The predicted octanol–water partition coefficient (Wildman–Crippen LogP) is 1.17. The van der Waals surface area contributed by atoms with E-state index >= 15 is 0 Å². The fourth-order valence-corrected chi connectivity index (χ4v) is 2.16. The van der Waals surface area contributed by atoms with Gasteiger partial charge in [0, 0.05) is 6.54 Å². The highest BCUT2D eigenvalue weighted by molar-refractivity contribution is 7.89. The predicted molar refractivity (Wildman–Crippen MR) is 72.4 cm³/mol. The van der Waals surface area contributed by atoms with E-state index in [4.69, 9.17) is 9.56 Å². The fraction of sp³-hybridized carbons (Fsp3) is 0.154. The number of furan rings is 1. The van der Waals surface area contributed by atoms with Crippen molar-refractivity contribution in [1.29, 1.82) is 0 Å². The van der Waals surface area contributed by atoms with Crippen molar-refractivity contribution in [3.8, 4) is 0 Å². The number of primary sulfonamides is 1. The van der Waals surface area contributed by atoms with Gasteiger partial charge in [-0.05, 0) is 30.7 Å². The minimum absolute atomic E-state index is 0.0398. The smallest absolute Gasteiger partial charge is 0.254 e. The van der Waals surface area contributed by atoms with Crippen molar-refractivity contribution < 1.29 is 17.6 Å². The maximum atomic E-state index is 11.8. The third kappa shape index (κ3) is 3.46. The number of sulfonamides is 1. The van der Waals surface area contributed by atoms with Gasteiger partial charge in [-0.25, -0.2) is 13.6 Å². The van der Waals surface area contributed by atoms with Crippen LogP contribution in [-0.4, -0.2) is 14.3 Å². The fourth-order valence-electron chi connectivity index (χ4n) is 1.64. The third-order valence-corrected chi connectivity index (χ3v) is 3.63. The van der Waals surface area contributed by atoms with Gasteiger partial charge in [-0.2, -0.15) is 0 Å². The summed E-state index contributed by atoms with van der Waals surface area (Å²) in [5.41, 5.74) is 1.22. The number of hydrogen-bond donors (Lipinski definition) is 2. The van der Waals surface area contributed by atoms with Crippen molar-refractivity contribution in [2.45, 2.75) is 18.4 Å². The lowest BCUT2D eigenvalue weighted by molar-refractivity contribution is 0.0950. The summed E-state index contributed by atoms with van der Waals surface area (Å²) in [6.07, 6.45) is 1.38. The van der Waals surface area contributed by atoms with Crippen LogP contribution in [0.3, 0.4) is 0 Å². The number of amides is 1. The Hall–Kier alpha value is -2.12. The molecule has 0 aliphatic carbocycles. The van der Waals surface area contributed by atoms with Gasteiger partial charge in [0.25, 0.3) is 5.91 Å². The first kappa shape index (κ1) is 14.3. The van der Waals surface area contributed by atoms with Gasteiger partial charge in [0.2, 0.25) is 10.0 Å². The molecule has 0 unspecified atom stereocenters. The average molecular weight is 294 g/mol. The van der Waals surface area contributed by atoms with Gasteiger partial charge in [0.05, 0.1) is 10.5 Å². The Morgan fingerprint density at radius 1 is 1.30 bits per heavy atom. The first-order valence-electron chi connectivity index (χ1n) is 5.81. The second-order valence-electron chi connectivity index (χ2n) is 4.32. The maximum absolute atomic E-state index is 11.8. The van der Waals surface area contributed by atoms with E-state index in [1.807, 2.05) is 0 Å². The van der Waals surface area contributed by atoms with E-state index in [-0.39, 0.29) is 17.3 Å². The van der Waals surface area contributed by atoms with Crippen LogP contribution in [0.2, 0.25) is 0 Å². The Morgan fingerprint density at radius 3 is 2.45 bits per heavy atom. The molecule has 2 rings (SSSR count). The zero-order chi connectivity index (χ0) is 14.8. The van der Waals surface area contributed by atoms with Crippen LogP contribution < -0.4 is 10.5 Å². The summed E-state index contributed by atoms with van der Waals surface area (Å²) in [7, 11) is -3.69. The molecule has 0 aliphatic rings. The summed E-state index contributed by atoms with van der Waals surface area (Å²) in [4.78, 5) is 11.8. The van der Waals surface area contributed by atoms with Crippen LogP contribution in [0.15, 0.2) is 45.9 Å². The van der Waals surface area contributed by atoms with Gasteiger partial charge < -0.3 is 9.73 Å². The molecule has 0 radical (unpaired) electrons. The SMILES string of the molecule is Cc1cc(C(=O)NCc2ccc(S(N)(=O)=O)cc2)co1. The molecular weight excluding hydrogens is 280 g/mol. The van der Waals surface area contributed by atoms with Crippen molar-refractivity contribution in [3.63, 3.8) is 0 Å². The minimum atomic E-state index is -3.69. The molecular formula is C13H14N2O4S. The average Bonchev–Trinajstić information content (AvgIpc) is 2.82. The monoisotopic (exact) mass is 294 g/mol. The highest BCUT2D eigenvalue weighted by atomic mass is 32.2. The van der Waals surface area contributed by atoms with Gasteiger partial charge in [-0.3, -0.25) is 4.79 Å². The van der Waals surface area contributed by atoms with Crippen molar-refractivity contribution in [2.24, 2.45) is 5.14 Å². The second-order valence-corrected chi connectivity index (χ2v) is 5.88. The molecule has 2 aromatic rings. The number of benzene rings is 1. The van der Waals surface area contributed by atoms with E-state index in [2.05, 4.69) is 5.32 Å². The second kappa shape index (κ2) is 5.48. The van der Waals surface area contributed by atoms with Gasteiger partial charge in [0.15, 0.2) is 0 Å². The van der Waals surface area contributed by atoms with E-state index in [9.17, 15) is 13.2 Å². The molecule has 106 valence electrons. The van der Waals surface area contributed by atoms with Crippen molar-refractivity contribution >= 4 is 15.9 Å². The number of aryl methyl sites for hydroxylation is 1. The van der Waals surface area contributed by atoms with Crippen molar-refractivity contribution in [1.82, 2.24) is 5.32 Å². The highest BCUT2D eigenvalue weighted by Crippen LogP contribution is 2.09. The lowest BCUT2D eigenvalue weighted by Gasteiger charge is -2.04. The van der Waals surface area contributed by atoms with Crippen LogP contribution in [0.1, 0.15) is 21.7 Å². The molecule has 0 saturated carbocycles. The summed E-state index contributed by atoms with van der Waals surface area (Å²) in [6.45, 7) is 2.04. The first-order chi connectivity index (χ1) is 9.36. The summed E-state index contributed by atoms with van der Waals surface area (Å²) in [6, 6.07) is 7.64. The molecule has 6 nitrogen and oxygen atoms in total. The number of carbonyl (C=O) groups excluding carboxylic acids is 1. The molecule has 0 aliphatic heterocycles. The van der Waals surface area contributed by atoms with Crippen molar-refractivity contribution in [2.75, 3.05) is 0 Å².